The fraction of sp³-hybridized carbons (Fsp3) is 0.0625. The molecular weight excluding hydrogens is 398 g/mol. The van der Waals surface area contributed by atoms with Crippen molar-refractivity contribution in [3.63, 3.8) is 0 Å². The van der Waals surface area contributed by atoms with Crippen molar-refractivity contribution in [3.8, 4) is 21.8 Å². The Morgan fingerprint density at radius 1 is 0.950 bits per heavy atom. The molecule has 20 heavy (non-hydrogen) atoms. The van der Waals surface area contributed by atoms with Crippen molar-refractivity contribution in [2.24, 2.45) is 0 Å². The van der Waals surface area contributed by atoms with Crippen molar-refractivity contribution < 1.29 is 0 Å². The average Bonchev–Trinajstić information content (AvgIpc) is 2.82. The molecule has 3 rings (SSSR count). The van der Waals surface area contributed by atoms with Crippen molar-refractivity contribution in [2.75, 3.05) is 0 Å². The number of hydrogen-bond donors (Lipinski definition) is 0. The second kappa shape index (κ2) is 5.80. The lowest BCUT2D eigenvalue weighted by atomic mass is 10.1. The van der Waals surface area contributed by atoms with Crippen molar-refractivity contribution in [1.82, 2.24) is 4.98 Å². The number of benzene rings is 2. The van der Waals surface area contributed by atoms with E-state index in [-0.39, 0.29) is 0 Å². The van der Waals surface area contributed by atoms with Gasteiger partial charge in [-0.15, -0.1) is 11.3 Å². The molecule has 2 aromatic carbocycles. The van der Waals surface area contributed by atoms with Gasteiger partial charge in [-0.2, -0.15) is 0 Å². The third kappa shape index (κ3) is 2.73. The highest BCUT2D eigenvalue weighted by molar-refractivity contribution is 9.10. The van der Waals surface area contributed by atoms with Gasteiger partial charge >= 0.3 is 0 Å². The van der Waals surface area contributed by atoms with Crippen LogP contribution in [-0.4, -0.2) is 4.98 Å². The van der Waals surface area contributed by atoms with Crippen LogP contribution in [0, 0.1) is 6.92 Å². The molecule has 0 atom stereocenters. The summed E-state index contributed by atoms with van der Waals surface area (Å²) < 4.78 is 2.16. The van der Waals surface area contributed by atoms with Crippen LogP contribution in [0.4, 0.5) is 0 Å². The quantitative estimate of drug-likeness (QED) is 0.484. The molecule has 100 valence electrons. The Bertz CT molecular complexity index is 747. The zero-order chi connectivity index (χ0) is 14.1. The van der Waals surface area contributed by atoms with Gasteiger partial charge in [0.25, 0.3) is 0 Å². The first kappa shape index (κ1) is 14.0. The lowest BCUT2D eigenvalue weighted by Crippen LogP contribution is -1.82. The molecule has 0 bridgehead atoms. The van der Waals surface area contributed by atoms with Gasteiger partial charge in [0.05, 0.1) is 5.69 Å². The molecule has 0 N–H and O–H groups in total. The highest BCUT2D eigenvalue weighted by Crippen LogP contribution is 2.36. The monoisotopic (exact) mass is 407 g/mol. The number of nitrogens with zero attached hydrogens (tertiary/aromatic N) is 1. The van der Waals surface area contributed by atoms with Crippen LogP contribution in [0.2, 0.25) is 0 Å². The zero-order valence-electron chi connectivity index (χ0n) is 10.7. The van der Waals surface area contributed by atoms with Crippen molar-refractivity contribution in [1.29, 1.82) is 0 Å². The van der Waals surface area contributed by atoms with Crippen molar-refractivity contribution >= 4 is 43.2 Å². The summed E-state index contributed by atoms with van der Waals surface area (Å²) in [6.07, 6.45) is 0. The summed E-state index contributed by atoms with van der Waals surface area (Å²) in [5.41, 5.74) is 3.35. The Morgan fingerprint density at radius 3 is 2.35 bits per heavy atom. The number of aryl methyl sites for hydroxylation is 1. The van der Waals surface area contributed by atoms with Crippen LogP contribution in [-0.2, 0) is 0 Å². The molecule has 0 unspecified atom stereocenters. The van der Waals surface area contributed by atoms with E-state index in [9.17, 15) is 0 Å². The van der Waals surface area contributed by atoms with Crippen molar-refractivity contribution in [2.45, 2.75) is 6.92 Å². The standard InChI is InChI=1S/C16H11Br2NS/c1-10-15(13-4-2-3-5-14(13)18)19-16(20-10)11-6-8-12(17)9-7-11/h2-9H,1H3. The van der Waals surface area contributed by atoms with Crippen LogP contribution in [0.1, 0.15) is 4.88 Å². The lowest BCUT2D eigenvalue weighted by Gasteiger charge is -2.01. The van der Waals surface area contributed by atoms with Gasteiger partial charge in [-0.3, -0.25) is 0 Å². The SMILES string of the molecule is Cc1sc(-c2ccc(Br)cc2)nc1-c1ccccc1Br. The predicted octanol–water partition coefficient (Wildman–Crippen LogP) is 6.31. The summed E-state index contributed by atoms with van der Waals surface area (Å²) >= 11 is 8.79. The molecule has 0 saturated carbocycles. The van der Waals surface area contributed by atoms with Crippen LogP contribution in [0.15, 0.2) is 57.5 Å². The second-order valence-corrected chi connectivity index (χ2v) is 7.38. The molecular formula is C16H11Br2NS. The molecule has 0 saturated heterocycles. The molecule has 0 aliphatic carbocycles. The molecule has 1 nitrogen and oxygen atoms in total. The summed E-state index contributed by atoms with van der Waals surface area (Å²) in [5, 5.41) is 1.06. The van der Waals surface area contributed by atoms with Gasteiger partial charge in [0.2, 0.25) is 0 Å². The third-order valence-electron chi connectivity index (χ3n) is 3.02. The first-order valence-corrected chi connectivity index (χ1v) is 8.53. The molecule has 3 aromatic rings. The summed E-state index contributed by atoms with van der Waals surface area (Å²) in [7, 11) is 0. The fourth-order valence-electron chi connectivity index (χ4n) is 2.02. The fourth-order valence-corrected chi connectivity index (χ4v) is 3.69. The molecule has 0 aliphatic heterocycles. The lowest BCUT2D eigenvalue weighted by molar-refractivity contribution is 1.36. The van der Waals surface area contributed by atoms with E-state index in [1.165, 1.54) is 4.88 Å². The maximum atomic E-state index is 4.81. The number of halogens is 2. The number of aromatic nitrogens is 1. The van der Waals surface area contributed by atoms with Crippen LogP contribution in [0.3, 0.4) is 0 Å². The molecule has 0 amide bonds. The van der Waals surface area contributed by atoms with E-state index in [2.05, 4.69) is 57.0 Å². The van der Waals surface area contributed by atoms with Crippen LogP contribution in [0.5, 0.6) is 0 Å². The maximum Gasteiger partial charge on any atom is 0.124 e. The summed E-state index contributed by atoms with van der Waals surface area (Å²) in [4.78, 5) is 6.05. The number of rotatable bonds is 2. The van der Waals surface area contributed by atoms with Crippen LogP contribution in [0.25, 0.3) is 21.8 Å². The van der Waals surface area contributed by atoms with Gasteiger partial charge in [0.15, 0.2) is 0 Å². The minimum Gasteiger partial charge on any atom is -0.236 e. The first-order valence-electron chi connectivity index (χ1n) is 6.13. The molecule has 4 heteroatoms. The topological polar surface area (TPSA) is 12.9 Å². The smallest absolute Gasteiger partial charge is 0.124 e. The Kier molecular flexibility index (Phi) is 4.06. The molecule has 0 radical (unpaired) electrons. The van der Waals surface area contributed by atoms with Gasteiger partial charge in [0.1, 0.15) is 5.01 Å². The molecule has 0 spiro atoms. The van der Waals surface area contributed by atoms with Gasteiger partial charge in [-0.05, 0) is 25.1 Å². The molecule has 0 fully saturated rings. The largest absolute Gasteiger partial charge is 0.236 e. The minimum absolute atomic E-state index is 1.06. The van der Waals surface area contributed by atoms with Crippen LogP contribution >= 0.6 is 43.2 Å². The van der Waals surface area contributed by atoms with Gasteiger partial charge in [-0.25, -0.2) is 4.98 Å². The average molecular weight is 409 g/mol. The minimum atomic E-state index is 1.06. The van der Waals surface area contributed by atoms with Crippen molar-refractivity contribution in [3.05, 3.63) is 62.4 Å². The van der Waals surface area contributed by atoms with E-state index < -0.39 is 0 Å². The van der Waals surface area contributed by atoms with E-state index in [0.717, 1.165) is 30.8 Å². The highest BCUT2D eigenvalue weighted by atomic mass is 79.9. The molecule has 0 aliphatic rings. The third-order valence-corrected chi connectivity index (χ3v) is 5.26. The molecule has 1 heterocycles. The van der Waals surface area contributed by atoms with Gasteiger partial charge < -0.3 is 0 Å². The molecule has 1 aromatic heterocycles. The van der Waals surface area contributed by atoms with E-state index in [1.807, 2.05) is 30.3 Å². The number of thiazole rings is 1. The summed E-state index contributed by atoms with van der Waals surface area (Å²) in [5.74, 6) is 0. The second-order valence-electron chi connectivity index (χ2n) is 4.41. The Morgan fingerprint density at radius 2 is 1.65 bits per heavy atom. The Hall–Kier alpha value is -0.970. The van der Waals surface area contributed by atoms with E-state index in [1.54, 1.807) is 11.3 Å². The van der Waals surface area contributed by atoms with E-state index in [4.69, 9.17) is 4.98 Å². The zero-order valence-corrected chi connectivity index (χ0v) is 14.7. The summed E-state index contributed by atoms with van der Waals surface area (Å²) in [6.45, 7) is 2.12. The van der Waals surface area contributed by atoms with Crippen LogP contribution < -0.4 is 0 Å². The van der Waals surface area contributed by atoms with Gasteiger partial charge in [0, 0.05) is 24.9 Å². The van der Waals surface area contributed by atoms with Gasteiger partial charge in [-0.1, -0.05) is 62.2 Å². The highest BCUT2D eigenvalue weighted by Gasteiger charge is 2.13. The maximum absolute atomic E-state index is 4.81. The summed E-state index contributed by atoms with van der Waals surface area (Å²) in [6, 6.07) is 16.5. The Labute approximate surface area is 139 Å². The normalized spacial score (nSPS) is 10.8. The van der Waals surface area contributed by atoms with E-state index in [0.29, 0.717) is 0 Å². The number of hydrogen-bond acceptors (Lipinski definition) is 2. The predicted molar refractivity (Wildman–Crippen MR) is 93.1 cm³/mol. The van der Waals surface area contributed by atoms with E-state index >= 15 is 0 Å². The first-order chi connectivity index (χ1) is 9.65. The Balaban J connectivity index is 2.08.